The van der Waals surface area contributed by atoms with Gasteiger partial charge in [-0.2, -0.15) is 0 Å². The summed E-state index contributed by atoms with van der Waals surface area (Å²) in [5, 5.41) is 0. The molecule has 0 aliphatic heterocycles. The summed E-state index contributed by atoms with van der Waals surface area (Å²) in [4.78, 5) is 22.8. The summed E-state index contributed by atoms with van der Waals surface area (Å²) in [6, 6.07) is 0. The SMILES string of the molecule is CC.CCCCOC(=O)C1CCC(C(C)=O)CC1. The van der Waals surface area contributed by atoms with Gasteiger partial charge in [-0.05, 0) is 39.0 Å². The van der Waals surface area contributed by atoms with Crippen LogP contribution in [0, 0.1) is 11.8 Å². The maximum Gasteiger partial charge on any atom is 0.308 e. The number of hydrogen-bond acceptors (Lipinski definition) is 3. The summed E-state index contributed by atoms with van der Waals surface area (Å²) >= 11 is 0. The first-order chi connectivity index (χ1) is 8.65. The zero-order valence-electron chi connectivity index (χ0n) is 12.3. The molecular formula is C15H28O3. The normalized spacial score (nSPS) is 22.7. The topological polar surface area (TPSA) is 43.4 Å². The Morgan fingerprint density at radius 2 is 1.56 bits per heavy atom. The van der Waals surface area contributed by atoms with Crippen LogP contribution in [0.1, 0.15) is 66.2 Å². The van der Waals surface area contributed by atoms with Gasteiger partial charge < -0.3 is 4.74 Å². The smallest absolute Gasteiger partial charge is 0.308 e. The molecule has 1 aliphatic carbocycles. The van der Waals surface area contributed by atoms with Crippen molar-refractivity contribution in [3.63, 3.8) is 0 Å². The van der Waals surface area contributed by atoms with Gasteiger partial charge in [0.2, 0.25) is 0 Å². The van der Waals surface area contributed by atoms with E-state index in [-0.39, 0.29) is 23.6 Å². The van der Waals surface area contributed by atoms with Gasteiger partial charge >= 0.3 is 5.97 Å². The van der Waals surface area contributed by atoms with Gasteiger partial charge in [-0.3, -0.25) is 9.59 Å². The lowest BCUT2D eigenvalue weighted by Crippen LogP contribution is -2.26. The molecular weight excluding hydrogens is 228 g/mol. The van der Waals surface area contributed by atoms with E-state index in [9.17, 15) is 9.59 Å². The van der Waals surface area contributed by atoms with Crippen LogP contribution in [0.3, 0.4) is 0 Å². The van der Waals surface area contributed by atoms with E-state index >= 15 is 0 Å². The van der Waals surface area contributed by atoms with Crippen molar-refractivity contribution < 1.29 is 14.3 Å². The lowest BCUT2D eigenvalue weighted by molar-refractivity contribution is -0.150. The predicted octanol–water partition coefficient (Wildman–Crippen LogP) is 3.75. The number of unbranched alkanes of at least 4 members (excludes halogenated alkanes) is 1. The Kier molecular flexibility index (Phi) is 9.62. The van der Waals surface area contributed by atoms with E-state index in [0.29, 0.717) is 6.61 Å². The molecule has 0 aromatic carbocycles. The number of carbonyl (C=O) groups is 2. The standard InChI is InChI=1S/C13H22O3.C2H6/c1-3-4-9-16-13(15)12-7-5-11(6-8-12)10(2)14;1-2/h11-12H,3-9H2,1-2H3;1-2H3. The van der Waals surface area contributed by atoms with Crippen molar-refractivity contribution in [1.29, 1.82) is 0 Å². The van der Waals surface area contributed by atoms with Gasteiger partial charge in [0.15, 0.2) is 0 Å². The first-order valence-electron chi connectivity index (χ1n) is 7.32. The van der Waals surface area contributed by atoms with Crippen LogP contribution in [0.25, 0.3) is 0 Å². The summed E-state index contributed by atoms with van der Waals surface area (Å²) in [7, 11) is 0. The van der Waals surface area contributed by atoms with Gasteiger partial charge in [-0.15, -0.1) is 0 Å². The molecule has 106 valence electrons. The molecule has 0 atom stereocenters. The Labute approximate surface area is 111 Å². The van der Waals surface area contributed by atoms with E-state index in [1.54, 1.807) is 6.92 Å². The number of ether oxygens (including phenoxy) is 1. The average molecular weight is 256 g/mol. The minimum absolute atomic E-state index is 0.0347. The third kappa shape index (κ3) is 6.18. The maximum absolute atomic E-state index is 11.6. The molecule has 0 aromatic heterocycles. The highest BCUT2D eigenvalue weighted by Crippen LogP contribution is 2.30. The summed E-state index contributed by atoms with van der Waals surface area (Å²) in [6.07, 6.45) is 5.31. The third-order valence-electron chi connectivity index (χ3n) is 3.38. The summed E-state index contributed by atoms with van der Waals surface area (Å²) < 4.78 is 5.19. The molecule has 0 heterocycles. The molecule has 0 radical (unpaired) electrons. The van der Waals surface area contributed by atoms with E-state index in [1.165, 1.54) is 0 Å². The fraction of sp³-hybridized carbons (Fsp3) is 0.867. The molecule has 1 aliphatic rings. The molecule has 1 fully saturated rings. The van der Waals surface area contributed by atoms with Gasteiger partial charge in [0.25, 0.3) is 0 Å². The van der Waals surface area contributed by atoms with Crippen LogP contribution in [-0.2, 0) is 14.3 Å². The van der Waals surface area contributed by atoms with Crippen molar-refractivity contribution in [2.24, 2.45) is 11.8 Å². The highest BCUT2D eigenvalue weighted by atomic mass is 16.5. The number of carbonyl (C=O) groups excluding carboxylic acids is 2. The molecule has 0 spiro atoms. The van der Waals surface area contributed by atoms with Crippen LogP contribution in [0.5, 0.6) is 0 Å². The van der Waals surface area contributed by atoms with Crippen LogP contribution < -0.4 is 0 Å². The predicted molar refractivity (Wildman–Crippen MR) is 73.3 cm³/mol. The van der Waals surface area contributed by atoms with Crippen molar-refractivity contribution in [1.82, 2.24) is 0 Å². The van der Waals surface area contributed by atoms with Gasteiger partial charge in [-0.1, -0.05) is 27.2 Å². The van der Waals surface area contributed by atoms with E-state index in [1.807, 2.05) is 13.8 Å². The Morgan fingerprint density at radius 1 is 1.06 bits per heavy atom. The highest BCUT2D eigenvalue weighted by Gasteiger charge is 2.28. The molecule has 0 saturated heterocycles. The molecule has 0 amide bonds. The number of Topliss-reactive ketones (excluding diaryl/α,β-unsaturated/α-hetero) is 1. The second-order valence-electron chi connectivity index (χ2n) is 4.68. The van der Waals surface area contributed by atoms with E-state index < -0.39 is 0 Å². The molecule has 1 saturated carbocycles. The van der Waals surface area contributed by atoms with Gasteiger partial charge in [-0.25, -0.2) is 0 Å². The Morgan fingerprint density at radius 3 is 2.00 bits per heavy atom. The van der Waals surface area contributed by atoms with Crippen molar-refractivity contribution >= 4 is 11.8 Å². The minimum Gasteiger partial charge on any atom is -0.465 e. The summed E-state index contributed by atoms with van der Waals surface area (Å²) in [5.74, 6) is 0.417. The molecule has 18 heavy (non-hydrogen) atoms. The Balaban J connectivity index is 0.00000137. The van der Waals surface area contributed by atoms with Crippen LogP contribution in [0.15, 0.2) is 0 Å². The fourth-order valence-corrected chi connectivity index (χ4v) is 2.17. The Bertz CT molecular complexity index is 240. The van der Waals surface area contributed by atoms with Crippen LogP contribution in [0.2, 0.25) is 0 Å². The van der Waals surface area contributed by atoms with Crippen molar-refractivity contribution in [3.8, 4) is 0 Å². The molecule has 3 nitrogen and oxygen atoms in total. The van der Waals surface area contributed by atoms with Crippen molar-refractivity contribution in [2.75, 3.05) is 6.61 Å². The zero-order valence-corrected chi connectivity index (χ0v) is 12.3. The maximum atomic E-state index is 11.6. The number of ketones is 1. The molecule has 0 aromatic rings. The molecule has 3 heteroatoms. The van der Waals surface area contributed by atoms with E-state index in [4.69, 9.17) is 4.74 Å². The van der Waals surface area contributed by atoms with E-state index in [2.05, 4.69) is 6.92 Å². The Hall–Kier alpha value is -0.860. The molecule has 0 N–H and O–H groups in total. The third-order valence-corrected chi connectivity index (χ3v) is 3.38. The van der Waals surface area contributed by atoms with E-state index in [0.717, 1.165) is 38.5 Å². The van der Waals surface area contributed by atoms with Crippen LogP contribution >= 0.6 is 0 Å². The van der Waals surface area contributed by atoms with Gasteiger partial charge in [0, 0.05) is 5.92 Å². The quantitative estimate of drug-likeness (QED) is 0.556. The lowest BCUT2D eigenvalue weighted by atomic mass is 9.80. The number of hydrogen-bond donors (Lipinski definition) is 0. The number of rotatable bonds is 5. The van der Waals surface area contributed by atoms with Crippen LogP contribution in [-0.4, -0.2) is 18.4 Å². The fourth-order valence-electron chi connectivity index (χ4n) is 2.17. The lowest BCUT2D eigenvalue weighted by Gasteiger charge is -2.25. The van der Waals surface area contributed by atoms with Gasteiger partial charge in [0.05, 0.1) is 12.5 Å². The van der Waals surface area contributed by atoms with Crippen molar-refractivity contribution in [3.05, 3.63) is 0 Å². The van der Waals surface area contributed by atoms with Crippen molar-refractivity contribution in [2.45, 2.75) is 66.2 Å². The molecule has 0 bridgehead atoms. The second-order valence-corrected chi connectivity index (χ2v) is 4.68. The average Bonchev–Trinajstić information content (AvgIpc) is 2.41. The van der Waals surface area contributed by atoms with Gasteiger partial charge in [0.1, 0.15) is 5.78 Å². The number of esters is 1. The first kappa shape index (κ1) is 17.1. The molecule has 1 rings (SSSR count). The molecule has 0 unspecified atom stereocenters. The second kappa shape index (κ2) is 10.1. The minimum atomic E-state index is -0.0598. The summed E-state index contributed by atoms with van der Waals surface area (Å²) in [6.45, 7) is 8.26. The summed E-state index contributed by atoms with van der Waals surface area (Å²) in [5.41, 5.74) is 0. The zero-order chi connectivity index (χ0) is 14.0. The highest BCUT2D eigenvalue weighted by molar-refractivity contribution is 5.79. The first-order valence-corrected chi connectivity index (χ1v) is 7.32. The largest absolute Gasteiger partial charge is 0.465 e. The van der Waals surface area contributed by atoms with Crippen LogP contribution in [0.4, 0.5) is 0 Å². The monoisotopic (exact) mass is 256 g/mol.